The summed E-state index contributed by atoms with van der Waals surface area (Å²) < 4.78 is 0. The number of hydrogen-bond donors (Lipinski definition) is 1. The van der Waals surface area contributed by atoms with Gasteiger partial charge < -0.3 is 10.2 Å². The molecule has 0 amide bonds. The molecule has 0 aliphatic carbocycles. The maximum absolute atomic E-state index is 5.35. The molecule has 2 nitrogen and oxygen atoms in total. The second kappa shape index (κ2) is 5.71. The van der Waals surface area contributed by atoms with E-state index in [-0.39, 0.29) is 0 Å². The van der Waals surface area contributed by atoms with Gasteiger partial charge in [-0.15, -0.1) is 0 Å². The van der Waals surface area contributed by atoms with E-state index in [1.807, 2.05) is 30.3 Å². The molecule has 1 aromatic carbocycles. The Balaban J connectivity index is 2.62. The van der Waals surface area contributed by atoms with Crippen molar-refractivity contribution >= 4 is 23.0 Å². The van der Waals surface area contributed by atoms with Crippen LogP contribution in [0.2, 0.25) is 0 Å². The standard InChI is InChI=1S/C12H18N2S/c1-4-14(10(2)3)12(15)13-11-8-6-5-7-9-11/h5-10H,4H2,1-3H3,(H,13,15). The Morgan fingerprint density at radius 3 is 2.40 bits per heavy atom. The number of rotatable bonds is 3. The summed E-state index contributed by atoms with van der Waals surface area (Å²) in [5.41, 5.74) is 1.04. The first kappa shape index (κ1) is 12.0. The highest BCUT2D eigenvalue weighted by molar-refractivity contribution is 7.80. The zero-order chi connectivity index (χ0) is 11.3. The van der Waals surface area contributed by atoms with E-state index in [2.05, 4.69) is 31.0 Å². The normalized spacial score (nSPS) is 10.1. The Morgan fingerprint density at radius 1 is 1.33 bits per heavy atom. The molecule has 0 bridgehead atoms. The number of benzene rings is 1. The van der Waals surface area contributed by atoms with Gasteiger partial charge in [0.1, 0.15) is 0 Å². The van der Waals surface area contributed by atoms with Crippen LogP contribution in [0, 0.1) is 0 Å². The minimum Gasteiger partial charge on any atom is -0.347 e. The van der Waals surface area contributed by atoms with Crippen LogP contribution in [0.15, 0.2) is 30.3 Å². The fraction of sp³-hybridized carbons (Fsp3) is 0.417. The van der Waals surface area contributed by atoms with Crippen molar-refractivity contribution in [1.29, 1.82) is 0 Å². The van der Waals surface area contributed by atoms with E-state index >= 15 is 0 Å². The zero-order valence-electron chi connectivity index (χ0n) is 9.53. The minimum absolute atomic E-state index is 0.429. The quantitative estimate of drug-likeness (QED) is 0.791. The summed E-state index contributed by atoms with van der Waals surface area (Å²) in [4.78, 5) is 2.16. The lowest BCUT2D eigenvalue weighted by Crippen LogP contribution is -2.39. The first-order valence-electron chi connectivity index (χ1n) is 5.27. The number of hydrogen-bond acceptors (Lipinski definition) is 1. The van der Waals surface area contributed by atoms with Gasteiger partial charge in [0.25, 0.3) is 0 Å². The molecule has 82 valence electrons. The van der Waals surface area contributed by atoms with Crippen LogP contribution in [-0.2, 0) is 0 Å². The highest BCUT2D eigenvalue weighted by atomic mass is 32.1. The summed E-state index contributed by atoms with van der Waals surface area (Å²) in [5.74, 6) is 0. The van der Waals surface area contributed by atoms with Gasteiger partial charge >= 0.3 is 0 Å². The summed E-state index contributed by atoms with van der Waals surface area (Å²) in [6, 6.07) is 10.4. The molecule has 0 spiro atoms. The third-order valence-electron chi connectivity index (χ3n) is 2.25. The first-order valence-corrected chi connectivity index (χ1v) is 5.68. The Hall–Kier alpha value is -1.09. The highest BCUT2D eigenvalue weighted by Crippen LogP contribution is 2.08. The van der Waals surface area contributed by atoms with Gasteiger partial charge in [0.05, 0.1) is 0 Å². The van der Waals surface area contributed by atoms with Crippen molar-refractivity contribution in [2.45, 2.75) is 26.8 Å². The number of nitrogens with zero attached hydrogens (tertiary/aromatic N) is 1. The van der Waals surface area contributed by atoms with Gasteiger partial charge in [-0.3, -0.25) is 0 Å². The molecule has 15 heavy (non-hydrogen) atoms. The van der Waals surface area contributed by atoms with E-state index < -0.39 is 0 Å². The predicted octanol–water partition coefficient (Wildman–Crippen LogP) is 3.11. The second-order valence-electron chi connectivity index (χ2n) is 3.68. The van der Waals surface area contributed by atoms with Crippen LogP contribution in [-0.4, -0.2) is 22.6 Å². The van der Waals surface area contributed by atoms with E-state index in [1.165, 1.54) is 0 Å². The van der Waals surface area contributed by atoms with E-state index in [1.54, 1.807) is 0 Å². The Bertz CT molecular complexity index is 309. The predicted molar refractivity (Wildman–Crippen MR) is 70.2 cm³/mol. The van der Waals surface area contributed by atoms with Crippen LogP contribution < -0.4 is 5.32 Å². The van der Waals surface area contributed by atoms with Crippen molar-refractivity contribution < 1.29 is 0 Å². The summed E-state index contributed by atoms with van der Waals surface area (Å²) in [6.07, 6.45) is 0. The molecular formula is C12H18N2S. The van der Waals surface area contributed by atoms with E-state index in [4.69, 9.17) is 12.2 Å². The van der Waals surface area contributed by atoms with Crippen LogP contribution in [0.4, 0.5) is 5.69 Å². The lowest BCUT2D eigenvalue weighted by Gasteiger charge is -2.28. The monoisotopic (exact) mass is 222 g/mol. The van der Waals surface area contributed by atoms with Gasteiger partial charge in [-0.25, -0.2) is 0 Å². The molecule has 0 heterocycles. The summed E-state index contributed by atoms with van der Waals surface area (Å²) in [5, 5.41) is 4.02. The number of thiocarbonyl (C=S) groups is 1. The van der Waals surface area contributed by atoms with Crippen molar-refractivity contribution in [3.8, 4) is 0 Å². The molecule has 0 radical (unpaired) electrons. The number of nitrogens with one attached hydrogen (secondary N) is 1. The van der Waals surface area contributed by atoms with E-state index in [0.717, 1.165) is 17.3 Å². The maximum atomic E-state index is 5.35. The molecule has 0 saturated carbocycles. The molecule has 1 rings (SSSR count). The molecule has 0 fully saturated rings. The molecule has 0 atom stereocenters. The Kier molecular flexibility index (Phi) is 4.56. The van der Waals surface area contributed by atoms with Crippen LogP contribution in [0.3, 0.4) is 0 Å². The Labute approximate surface area is 97.3 Å². The average molecular weight is 222 g/mol. The van der Waals surface area contributed by atoms with E-state index in [9.17, 15) is 0 Å². The number of para-hydroxylation sites is 1. The third kappa shape index (κ3) is 3.51. The summed E-state index contributed by atoms with van der Waals surface area (Å²) in [7, 11) is 0. The molecule has 0 unspecified atom stereocenters. The van der Waals surface area contributed by atoms with Crippen LogP contribution in [0.5, 0.6) is 0 Å². The largest absolute Gasteiger partial charge is 0.347 e. The van der Waals surface area contributed by atoms with Crippen molar-refractivity contribution in [1.82, 2.24) is 4.90 Å². The lowest BCUT2D eigenvalue weighted by molar-refractivity contribution is 0.372. The lowest BCUT2D eigenvalue weighted by atomic mass is 10.3. The zero-order valence-corrected chi connectivity index (χ0v) is 10.3. The van der Waals surface area contributed by atoms with Gasteiger partial charge in [-0.05, 0) is 45.1 Å². The molecule has 1 N–H and O–H groups in total. The smallest absolute Gasteiger partial charge is 0.173 e. The SMILES string of the molecule is CCN(C(=S)Nc1ccccc1)C(C)C. The van der Waals surface area contributed by atoms with Gasteiger partial charge in [0.2, 0.25) is 0 Å². The molecule has 3 heteroatoms. The fourth-order valence-corrected chi connectivity index (χ4v) is 1.92. The highest BCUT2D eigenvalue weighted by Gasteiger charge is 2.10. The second-order valence-corrected chi connectivity index (χ2v) is 4.06. The van der Waals surface area contributed by atoms with Gasteiger partial charge in [0.15, 0.2) is 5.11 Å². The Morgan fingerprint density at radius 2 is 1.93 bits per heavy atom. The van der Waals surface area contributed by atoms with Crippen molar-refractivity contribution in [3.05, 3.63) is 30.3 Å². The van der Waals surface area contributed by atoms with Crippen molar-refractivity contribution in [2.24, 2.45) is 0 Å². The molecule has 0 aliphatic rings. The molecule has 0 aromatic heterocycles. The number of anilines is 1. The van der Waals surface area contributed by atoms with E-state index in [0.29, 0.717) is 6.04 Å². The molecule has 0 aliphatic heterocycles. The first-order chi connectivity index (χ1) is 7.15. The fourth-order valence-electron chi connectivity index (χ4n) is 1.46. The maximum Gasteiger partial charge on any atom is 0.173 e. The third-order valence-corrected chi connectivity index (χ3v) is 2.59. The summed E-state index contributed by atoms with van der Waals surface area (Å²) >= 11 is 5.35. The molecule has 0 saturated heterocycles. The average Bonchev–Trinajstić information content (AvgIpc) is 2.19. The van der Waals surface area contributed by atoms with Crippen LogP contribution in [0.1, 0.15) is 20.8 Å². The van der Waals surface area contributed by atoms with Gasteiger partial charge in [-0.1, -0.05) is 18.2 Å². The van der Waals surface area contributed by atoms with Crippen LogP contribution >= 0.6 is 12.2 Å². The van der Waals surface area contributed by atoms with Crippen molar-refractivity contribution in [3.63, 3.8) is 0 Å². The van der Waals surface area contributed by atoms with Gasteiger partial charge in [-0.2, -0.15) is 0 Å². The van der Waals surface area contributed by atoms with Crippen molar-refractivity contribution in [2.75, 3.05) is 11.9 Å². The molecule has 1 aromatic rings. The topological polar surface area (TPSA) is 15.3 Å². The molecular weight excluding hydrogens is 204 g/mol. The summed E-state index contributed by atoms with van der Waals surface area (Å²) in [6.45, 7) is 7.32. The van der Waals surface area contributed by atoms with Gasteiger partial charge in [0, 0.05) is 18.3 Å². The minimum atomic E-state index is 0.429. The van der Waals surface area contributed by atoms with Crippen LogP contribution in [0.25, 0.3) is 0 Å².